The maximum absolute atomic E-state index is 11.1. The molecule has 7 rings (SSSR count). The fourth-order valence-corrected chi connectivity index (χ4v) is 14.2. The van der Waals surface area contributed by atoms with Crippen molar-refractivity contribution in [2.24, 2.45) is 56.7 Å². The summed E-state index contributed by atoms with van der Waals surface area (Å²) in [4.78, 5) is 0. The van der Waals surface area contributed by atoms with Crippen LogP contribution < -0.4 is 10.6 Å². The maximum Gasteiger partial charge on any atom is 0.115 e. The minimum atomic E-state index is 0.0555. The molecule has 0 aromatic heterocycles. The van der Waals surface area contributed by atoms with Gasteiger partial charge in [-0.2, -0.15) is 0 Å². The lowest BCUT2D eigenvalue weighted by Crippen LogP contribution is -2.67. The Bertz CT molecular complexity index is 1540. The fraction of sp³-hybridized carbons (Fsp3) is 0.696. The maximum atomic E-state index is 11.1. The molecule has 51 heavy (non-hydrogen) atoms. The SMILES string of the molecule is C=C(CNCCc1ccc(O)cc1)[C@@H]1CC[C@]2(CO)CC[C@]3(C)[C@H](CC[C@@H]4[C@@]5(C)CCC(NCCc6ccc(O)cc6)C(C)(C)[C@@H]5CC[C@]43C)[C@@H]12. The number of phenolic OH excluding ortho intramolecular Hbond substituents is 2. The van der Waals surface area contributed by atoms with E-state index in [4.69, 9.17) is 6.58 Å². The molecule has 10 atom stereocenters. The highest BCUT2D eigenvalue weighted by Crippen LogP contribution is 2.77. The number of fused-ring (bicyclic) bond motifs is 7. The number of aliphatic hydroxyl groups is 1. The fourth-order valence-electron chi connectivity index (χ4n) is 14.2. The molecule has 0 bridgehead atoms. The molecule has 5 aliphatic rings. The molecule has 0 radical (unpaired) electrons. The second kappa shape index (κ2) is 13.8. The Morgan fingerprint density at radius 1 is 0.706 bits per heavy atom. The molecule has 2 aromatic carbocycles. The number of nitrogens with one attached hydrogen (secondary N) is 2. The summed E-state index contributed by atoms with van der Waals surface area (Å²) >= 11 is 0. The summed E-state index contributed by atoms with van der Waals surface area (Å²) in [6, 6.07) is 15.8. The van der Waals surface area contributed by atoms with Crippen molar-refractivity contribution in [1.29, 1.82) is 0 Å². The molecule has 0 saturated heterocycles. The highest BCUT2D eigenvalue weighted by atomic mass is 16.3. The molecule has 5 N–H and O–H groups in total. The van der Waals surface area contributed by atoms with Gasteiger partial charge in [-0.05, 0) is 182 Å². The standard InChI is InChI=1S/C46H68N2O3/c1-31(29-47-27-20-32-7-11-34(50)12-8-32)36-17-24-46(30-49)26-25-44(5)37(41(36)46)15-16-39-43(4)22-19-40(42(2,3)38(43)18-23-45(39,44)6)48-28-21-33-9-13-35(51)14-10-33/h7-14,36-41,47-51H,1,15-30H2,2-6H3/t36-,37+,38-,39+,40?,41+,43-,44+,45+,46+/m0/s1. The molecule has 2 aromatic rings. The van der Waals surface area contributed by atoms with Crippen molar-refractivity contribution in [3.8, 4) is 11.5 Å². The molecular formula is C46H68N2O3. The van der Waals surface area contributed by atoms with E-state index in [9.17, 15) is 15.3 Å². The molecule has 0 aliphatic heterocycles. The minimum Gasteiger partial charge on any atom is -0.508 e. The van der Waals surface area contributed by atoms with Crippen molar-refractivity contribution in [2.45, 2.75) is 118 Å². The van der Waals surface area contributed by atoms with Crippen molar-refractivity contribution >= 4 is 0 Å². The van der Waals surface area contributed by atoms with E-state index in [-0.39, 0.29) is 16.2 Å². The normalized spacial score (nSPS) is 39.7. The average Bonchev–Trinajstić information content (AvgIpc) is 3.50. The summed E-state index contributed by atoms with van der Waals surface area (Å²) in [6.45, 7) is 21.1. The topological polar surface area (TPSA) is 84.8 Å². The highest BCUT2D eigenvalue weighted by Gasteiger charge is 2.70. The van der Waals surface area contributed by atoms with Gasteiger partial charge in [-0.3, -0.25) is 0 Å². The molecule has 5 saturated carbocycles. The van der Waals surface area contributed by atoms with E-state index in [1.54, 1.807) is 24.3 Å². The van der Waals surface area contributed by atoms with Gasteiger partial charge in [-0.1, -0.05) is 71.0 Å². The predicted octanol–water partition coefficient (Wildman–Crippen LogP) is 9.06. The lowest BCUT2D eigenvalue weighted by Gasteiger charge is -2.73. The van der Waals surface area contributed by atoms with Gasteiger partial charge in [0.05, 0.1) is 0 Å². The Labute approximate surface area is 309 Å². The summed E-state index contributed by atoms with van der Waals surface area (Å²) in [5, 5.41) is 38.2. The summed E-state index contributed by atoms with van der Waals surface area (Å²) in [6.07, 6.45) is 14.5. The van der Waals surface area contributed by atoms with E-state index in [0.717, 1.165) is 50.7 Å². The predicted molar refractivity (Wildman–Crippen MR) is 209 cm³/mol. The molecule has 5 fully saturated rings. The lowest BCUT2D eigenvalue weighted by molar-refractivity contribution is -0.241. The Morgan fingerprint density at radius 3 is 2.00 bits per heavy atom. The third-order valence-corrected chi connectivity index (χ3v) is 17.1. The third-order valence-electron chi connectivity index (χ3n) is 17.1. The molecule has 1 unspecified atom stereocenters. The summed E-state index contributed by atoms with van der Waals surface area (Å²) < 4.78 is 0. The van der Waals surface area contributed by atoms with Crippen LogP contribution >= 0.6 is 0 Å². The second-order valence-corrected chi connectivity index (χ2v) is 19.4. The number of benzene rings is 2. The van der Waals surface area contributed by atoms with E-state index < -0.39 is 0 Å². The first kappa shape index (κ1) is 37.0. The van der Waals surface area contributed by atoms with Gasteiger partial charge in [0.25, 0.3) is 0 Å². The van der Waals surface area contributed by atoms with Crippen molar-refractivity contribution in [3.05, 3.63) is 71.8 Å². The van der Waals surface area contributed by atoms with Crippen LogP contribution in [0, 0.1) is 56.7 Å². The van der Waals surface area contributed by atoms with Gasteiger partial charge < -0.3 is 26.0 Å². The summed E-state index contributed by atoms with van der Waals surface area (Å²) in [7, 11) is 0. The Morgan fingerprint density at radius 2 is 1.35 bits per heavy atom. The molecule has 5 aliphatic carbocycles. The van der Waals surface area contributed by atoms with Gasteiger partial charge >= 0.3 is 0 Å². The third kappa shape index (κ3) is 6.19. The van der Waals surface area contributed by atoms with Crippen LogP contribution in [-0.4, -0.2) is 47.6 Å². The zero-order chi connectivity index (χ0) is 36.2. The van der Waals surface area contributed by atoms with Gasteiger partial charge in [0.15, 0.2) is 0 Å². The largest absolute Gasteiger partial charge is 0.508 e. The Kier molecular flexibility index (Phi) is 10.0. The minimum absolute atomic E-state index is 0.0555. The van der Waals surface area contributed by atoms with Crippen LogP contribution in [0.4, 0.5) is 0 Å². The molecule has 5 nitrogen and oxygen atoms in total. The van der Waals surface area contributed by atoms with Crippen LogP contribution in [-0.2, 0) is 12.8 Å². The molecule has 0 heterocycles. The smallest absolute Gasteiger partial charge is 0.115 e. The zero-order valence-electron chi connectivity index (χ0n) is 32.4. The van der Waals surface area contributed by atoms with Crippen LogP contribution in [0.3, 0.4) is 0 Å². The quantitative estimate of drug-likeness (QED) is 0.120. The number of hydrogen-bond donors (Lipinski definition) is 5. The van der Waals surface area contributed by atoms with Crippen LogP contribution in [0.2, 0.25) is 0 Å². The van der Waals surface area contributed by atoms with Crippen molar-refractivity contribution < 1.29 is 15.3 Å². The molecular weight excluding hydrogens is 629 g/mol. The second-order valence-electron chi connectivity index (χ2n) is 19.4. The monoisotopic (exact) mass is 697 g/mol. The van der Waals surface area contributed by atoms with Crippen molar-refractivity contribution in [3.63, 3.8) is 0 Å². The molecule has 0 spiro atoms. The zero-order valence-corrected chi connectivity index (χ0v) is 32.4. The van der Waals surface area contributed by atoms with E-state index in [1.807, 2.05) is 12.1 Å². The first-order chi connectivity index (χ1) is 24.3. The number of rotatable bonds is 11. The molecule has 280 valence electrons. The van der Waals surface area contributed by atoms with Gasteiger partial charge in [0.2, 0.25) is 0 Å². The average molecular weight is 697 g/mol. The van der Waals surface area contributed by atoms with Gasteiger partial charge in [0, 0.05) is 19.2 Å². The van der Waals surface area contributed by atoms with E-state index in [1.165, 1.54) is 74.5 Å². The van der Waals surface area contributed by atoms with Crippen LogP contribution in [0.25, 0.3) is 0 Å². The van der Waals surface area contributed by atoms with Crippen molar-refractivity contribution in [1.82, 2.24) is 10.6 Å². The van der Waals surface area contributed by atoms with Gasteiger partial charge in [-0.25, -0.2) is 0 Å². The van der Waals surface area contributed by atoms with E-state index in [2.05, 4.69) is 57.4 Å². The lowest BCUT2D eigenvalue weighted by atomic mass is 9.32. The number of aliphatic hydroxyl groups excluding tert-OH is 1. The van der Waals surface area contributed by atoms with E-state index >= 15 is 0 Å². The number of hydrogen-bond acceptors (Lipinski definition) is 5. The van der Waals surface area contributed by atoms with E-state index in [0.29, 0.717) is 52.7 Å². The first-order valence-electron chi connectivity index (χ1n) is 20.6. The molecule has 5 heteroatoms. The number of phenols is 2. The van der Waals surface area contributed by atoms with Gasteiger partial charge in [-0.15, -0.1) is 0 Å². The highest BCUT2D eigenvalue weighted by molar-refractivity contribution is 5.27. The Hall–Kier alpha value is -2.34. The van der Waals surface area contributed by atoms with Gasteiger partial charge in [0.1, 0.15) is 11.5 Å². The first-order valence-corrected chi connectivity index (χ1v) is 20.6. The molecule has 0 amide bonds. The van der Waals surface area contributed by atoms with Crippen LogP contribution in [0.1, 0.15) is 110 Å². The van der Waals surface area contributed by atoms with Crippen molar-refractivity contribution in [2.75, 3.05) is 26.2 Å². The number of aromatic hydroxyl groups is 2. The summed E-state index contributed by atoms with van der Waals surface area (Å²) in [5.74, 6) is 3.78. The summed E-state index contributed by atoms with van der Waals surface area (Å²) in [5.41, 5.74) is 5.12. The van der Waals surface area contributed by atoms with Crippen LogP contribution in [0.15, 0.2) is 60.7 Å². The van der Waals surface area contributed by atoms with Crippen LogP contribution in [0.5, 0.6) is 11.5 Å². The Balaban J connectivity index is 1.05.